The van der Waals surface area contributed by atoms with Gasteiger partial charge in [-0.3, -0.25) is 20.0 Å². The Labute approximate surface area is 547 Å². The minimum atomic E-state index is -0.232. The van der Waals surface area contributed by atoms with Crippen molar-refractivity contribution in [3.8, 4) is 23.0 Å². The fraction of sp³-hybridized carbons (Fsp3) is 0.641. The number of phenols is 4. The van der Waals surface area contributed by atoms with E-state index in [1.54, 1.807) is 0 Å². The first-order valence-electron chi connectivity index (χ1n) is 33.8. The Kier molecular flexibility index (Phi) is 25.6. The molecular weight excluding hydrogens is 1110 g/mol. The quantitative estimate of drug-likeness (QED) is 0.0812. The van der Waals surface area contributed by atoms with Crippen LogP contribution in [0.1, 0.15) is 246 Å². The molecule has 0 bridgehead atoms. The number of phenolic OH excluding ortho intramolecular Hbond substituents is 4. The summed E-state index contributed by atoms with van der Waals surface area (Å²) in [7, 11) is 0. The highest BCUT2D eigenvalue weighted by Crippen LogP contribution is 2.41. The lowest BCUT2D eigenvalue weighted by Gasteiger charge is -2.31. The number of hydrogen-bond donors (Lipinski definition) is 4. The van der Waals surface area contributed by atoms with E-state index >= 15 is 0 Å². The minimum absolute atomic E-state index is 0.0912. The molecule has 12 heteroatoms. The number of benzene rings is 4. The maximum absolute atomic E-state index is 11.6. The second-order valence-corrected chi connectivity index (χ2v) is 34.1. The molecule has 1 heterocycles. The first-order chi connectivity index (χ1) is 41.3. The summed E-state index contributed by atoms with van der Waals surface area (Å²) in [6.45, 7) is 64.9. The summed E-state index contributed by atoms with van der Waals surface area (Å²) in [5, 5.41) is 46.5. The Balaban J connectivity index is 1.47. The average Bonchev–Trinajstić information content (AvgIpc) is 0.883. The van der Waals surface area contributed by atoms with Gasteiger partial charge in [0.05, 0.1) is 26.2 Å². The van der Waals surface area contributed by atoms with Crippen molar-refractivity contribution in [3.63, 3.8) is 0 Å². The second kappa shape index (κ2) is 30.6. The van der Waals surface area contributed by atoms with Crippen molar-refractivity contribution in [3.05, 3.63) is 115 Å². The molecule has 0 aliphatic carbocycles. The van der Waals surface area contributed by atoms with Crippen LogP contribution in [0.5, 0.6) is 23.0 Å². The molecule has 0 aromatic heterocycles. The first kappa shape index (κ1) is 75.3. The van der Waals surface area contributed by atoms with Crippen LogP contribution in [0, 0.1) is 0 Å². The third-order valence-electron chi connectivity index (χ3n) is 17.7. The molecule has 1 aliphatic rings. The second-order valence-electron chi connectivity index (χ2n) is 34.1. The lowest BCUT2D eigenvalue weighted by atomic mass is 9.79. The maximum Gasteiger partial charge on any atom is 0.128 e. The number of aromatic hydroxyl groups is 4. The predicted octanol–water partition coefficient (Wildman–Crippen LogP) is 15.7. The minimum Gasteiger partial charge on any atom is -0.507 e. The lowest BCUT2D eigenvalue weighted by molar-refractivity contribution is 0.164. The van der Waals surface area contributed by atoms with E-state index < -0.39 is 0 Å². The van der Waals surface area contributed by atoms with Gasteiger partial charge < -0.3 is 40.0 Å². The summed E-state index contributed by atoms with van der Waals surface area (Å²) in [5.41, 5.74) is 10.2. The van der Waals surface area contributed by atoms with E-state index in [9.17, 15) is 20.4 Å². The molecule has 12 nitrogen and oxygen atoms in total. The van der Waals surface area contributed by atoms with Crippen LogP contribution in [0.3, 0.4) is 0 Å². The van der Waals surface area contributed by atoms with Crippen molar-refractivity contribution in [2.24, 2.45) is 20.0 Å². The predicted molar refractivity (Wildman–Crippen MR) is 387 cm³/mol. The zero-order chi connectivity index (χ0) is 67.6. The molecule has 0 radical (unpaired) electrons. The van der Waals surface area contributed by atoms with E-state index in [2.05, 4.69) is 234 Å². The Morgan fingerprint density at radius 1 is 0.278 bits per heavy atom. The van der Waals surface area contributed by atoms with Crippen molar-refractivity contribution in [1.82, 2.24) is 19.6 Å². The van der Waals surface area contributed by atoms with E-state index in [-0.39, 0.29) is 43.3 Å². The van der Waals surface area contributed by atoms with Crippen LogP contribution < -0.4 is 0 Å². The highest BCUT2D eigenvalue weighted by Gasteiger charge is 2.29. The van der Waals surface area contributed by atoms with Gasteiger partial charge in [-0.1, -0.05) is 190 Å². The first-order valence-corrected chi connectivity index (χ1v) is 33.8. The normalized spacial score (nSPS) is 16.6. The van der Waals surface area contributed by atoms with Crippen molar-refractivity contribution in [2.45, 2.75) is 222 Å². The highest BCUT2D eigenvalue weighted by molar-refractivity contribution is 5.87. The Morgan fingerprint density at radius 2 is 0.456 bits per heavy atom. The SMILES string of the molecule is CC(C)(C)c1cc(C=NCCN2CCCN(CCN=Cc3cc(C(C)(C)C)cc(C(C)(C)C)c3O)CCN(CCN=Cc3cc(C(C)(C)C)cc(C(C)(C)C)c3O)CCCN(CCN=Cc3cc(C(C)(C)C)cc(C(C)(C)C)c3O)CC2)c(O)c(C(C)(C)C)c1. The van der Waals surface area contributed by atoms with Gasteiger partial charge in [-0.25, -0.2) is 0 Å². The molecule has 0 saturated carbocycles. The van der Waals surface area contributed by atoms with Gasteiger partial charge in [0.2, 0.25) is 0 Å². The zero-order valence-electron chi connectivity index (χ0n) is 61.0. The van der Waals surface area contributed by atoms with Crippen molar-refractivity contribution in [2.75, 3.05) is 105 Å². The van der Waals surface area contributed by atoms with Crippen LogP contribution in [0.15, 0.2) is 68.5 Å². The van der Waals surface area contributed by atoms with Crippen LogP contribution >= 0.6 is 0 Å². The summed E-state index contributed by atoms with van der Waals surface area (Å²) in [4.78, 5) is 30.4. The molecule has 4 aromatic rings. The number of rotatable bonds is 16. The number of aliphatic imine (C=N–C) groups is 4. The van der Waals surface area contributed by atoms with Gasteiger partial charge in [0.15, 0.2) is 0 Å². The van der Waals surface area contributed by atoms with Crippen LogP contribution in [0.2, 0.25) is 0 Å². The molecule has 1 fully saturated rings. The van der Waals surface area contributed by atoms with Crippen LogP contribution in [-0.2, 0) is 43.3 Å². The molecule has 4 aromatic carbocycles. The molecule has 90 heavy (non-hydrogen) atoms. The smallest absolute Gasteiger partial charge is 0.128 e. The van der Waals surface area contributed by atoms with E-state index in [1.165, 1.54) is 22.3 Å². The van der Waals surface area contributed by atoms with E-state index in [1.807, 2.05) is 24.9 Å². The van der Waals surface area contributed by atoms with Crippen LogP contribution in [-0.4, -0.2) is 170 Å². The highest BCUT2D eigenvalue weighted by atomic mass is 16.3. The van der Waals surface area contributed by atoms with Gasteiger partial charge in [0.1, 0.15) is 23.0 Å². The van der Waals surface area contributed by atoms with E-state index in [4.69, 9.17) is 20.0 Å². The molecule has 5 rings (SSSR count). The van der Waals surface area contributed by atoms with Gasteiger partial charge in [0.25, 0.3) is 0 Å². The third-order valence-corrected chi connectivity index (χ3v) is 17.7. The summed E-state index contributed by atoms with van der Waals surface area (Å²) in [6, 6.07) is 17.0. The molecule has 500 valence electrons. The maximum atomic E-state index is 11.6. The monoisotopic (exact) mass is 1240 g/mol. The van der Waals surface area contributed by atoms with Gasteiger partial charge in [0, 0.05) is 122 Å². The summed E-state index contributed by atoms with van der Waals surface area (Å²) in [5.74, 6) is 1.22. The third kappa shape index (κ3) is 22.4. The molecule has 0 unspecified atom stereocenters. The van der Waals surface area contributed by atoms with Gasteiger partial charge in [-0.15, -0.1) is 0 Å². The molecule has 0 atom stereocenters. The fourth-order valence-electron chi connectivity index (χ4n) is 11.4. The van der Waals surface area contributed by atoms with Crippen molar-refractivity contribution >= 4 is 24.9 Å². The molecular formula is C78H124N8O4. The average molecular weight is 1240 g/mol. The van der Waals surface area contributed by atoms with Crippen LogP contribution in [0.4, 0.5) is 0 Å². The Morgan fingerprint density at radius 3 is 0.611 bits per heavy atom. The number of nitrogens with zero attached hydrogens (tertiary/aromatic N) is 8. The Hall–Kier alpha value is -5.40. The largest absolute Gasteiger partial charge is 0.507 e. The topological polar surface area (TPSA) is 143 Å². The summed E-state index contributed by atoms with van der Waals surface area (Å²) >= 11 is 0. The van der Waals surface area contributed by atoms with Gasteiger partial charge in [-0.2, -0.15) is 0 Å². The van der Waals surface area contributed by atoms with Crippen LogP contribution in [0.25, 0.3) is 0 Å². The van der Waals surface area contributed by atoms with Gasteiger partial charge in [-0.05, 0) is 129 Å². The molecule has 0 amide bonds. The van der Waals surface area contributed by atoms with E-state index in [0.29, 0.717) is 49.2 Å². The molecule has 4 N–H and O–H groups in total. The van der Waals surface area contributed by atoms with Crippen molar-refractivity contribution in [1.29, 1.82) is 0 Å². The van der Waals surface area contributed by atoms with Crippen molar-refractivity contribution < 1.29 is 20.4 Å². The Bertz CT molecular complexity index is 2700. The molecule has 0 spiro atoms. The fourth-order valence-corrected chi connectivity index (χ4v) is 11.4. The van der Waals surface area contributed by atoms with Gasteiger partial charge >= 0.3 is 0 Å². The zero-order valence-corrected chi connectivity index (χ0v) is 61.0. The molecule has 1 aliphatic heterocycles. The number of hydrogen-bond acceptors (Lipinski definition) is 12. The summed E-state index contributed by atoms with van der Waals surface area (Å²) in [6.07, 6.45) is 9.44. The standard InChI is InChI=1S/C78H124N8O4/c1-71(2,3)59-43-55(67(87)63(47-59)75(13,14)15)51-79-27-35-83-31-25-32-85(37-29-81-53-57-45-61(73(7,8)9)49-65(69(57)89)77(19,20)21)41-42-86(38-30-82-54-58-46-62(74(10,11)12)50-66(70(58)90)78(22,23)24)34-26-33-84(40-39-83)36-28-80-52-56-44-60(72(4,5)6)48-64(68(56)88)76(16,17)18/h43-54,87-90H,25-42H2,1-24H3. The lowest BCUT2D eigenvalue weighted by Crippen LogP contribution is -2.43. The van der Waals surface area contributed by atoms with E-state index in [0.717, 1.165) is 136 Å². The molecule has 1 saturated heterocycles. The summed E-state index contributed by atoms with van der Waals surface area (Å²) < 4.78 is 0.